The first-order chi connectivity index (χ1) is 19.3. The van der Waals surface area contributed by atoms with Gasteiger partial charge in [0.2, 0.25) is 0 Å². The number of anilines is 1. The number of aliphatic imine (C=N–C) groups is 1. The highest BCUT2D eigenvalue weighted by Gasteiger charge is 2.35. The van der Waals surface area contributed by atoms with Gasteiger partial charge >= 0.3 is 0 Å². The highest BCUT2D eigenvalue weighted by molar-refractivity contribution is 8.19. The Morgan fingerprint density at radius 3 is 2.33 bits per heavy atom. The number of ether oxygens (including phenoxy) is 2. The van der Waals surface area contributed by atoms with Crippen LogP contribution in [0, 0.1) is 19.7 Å². The number of carbonyl (C=O) groups excluding carboxylic acids is 1. The zero-order chi connectivity index (χ0) is 28.2. The third-order valence-electron chi connectivity index (χ3n) is 6.24. The molecule has 0 aliphatic carbocycles. The van der Waals surface area contributed by atoms with Crippen LogP contribution in [0.2, 0.25) is 5.02 Å². The van der Waals surface area contributed by atoms with E-state index in [2.05, 4.69) is 0 Å². The van der Waals surface area contributed by atoms with Crippen molar-refractivity contribution in [1.82, 2.24) is 0 Å². The monoisotopic (exact) mass is 572 g/mol. The van der Waals surface area contributed by atoms with Crippen molar-refractivity contribution in [3.05, 3.63) is 123 Å². The number of hydrogen-bond donors (Lipinski definition) is 0. The molecule has 202 valence electrons. The molecular formula is C32H26ClFN2O3S. The van der Waals surface area contributed by atoms with Crippen molar-refractivity contribution in [3.63, 3.8) is 0 Å². The number of rotatable bonds is 7. The van der Waals surface area contributed by atoms with Crippen LogP contribution < -0.4 is 14.4 Å². The van der Waals surface area contributed by atoms with Crippen molar-refractivity contribution in [2.24, 2.45) is 4.99 Å². The number of nitrogens with zero attached hydrogens (tertiary/aromatic N) is 2. The molecule has 0 spiro atoms. The summed E-state index contributed by atoms with van der Waals surface area (Å²) in [5.74, 6) is 0.101. The summed E-state index contributed by atoms with van der Waals surface area (Å²) in [6.07, 6.45) is 1.75. The highest BCUT2D eigenvalue weighted by atomic mass is 35.5. The van der Waals surface area contributed by atoms with Gasteiger partial charge in [-0.05, 0) is 79.7 Å². The van der Waals surface area contributed by atoms with Gasteiger partial charge in [0.05, 0.1) is 28.4 Å². The number of carbonyl (C=O) groups is 1. The molecule has 0 saturated carbocycles. The summed E-state index contributed by atoms with van der Waals surface area (Å²) in [6.45, 7) is 4.00. The van der Waals surface area contributed by atoms with Crippen LogP contribution >= 0.6 is 23.4 Å². The molecule has 0 unspecified atom stereocenters. The fraction of sp³-hybridized carbons (Fsp3) is 0.125. The molecule has 1 heterocycles. The Labute approximate surface area is 241 Å². The first-order valence-corrected chi connectivity index (χ1v) is 13.7. The number of hydrogen-bond acceptors (Lipinski definition) is 5. The van der Waals surface area contributed by atoms with Gasteiger partial charge in [-0.1, -0.05) is 65.2 Å². The fourth-order valence-corrected chi connectivity index (χ4v) is 5.35. The molecule has 0 N–H and O–H groups in total. The Kier molecular flexibility index (Phi) is 8.24. The average molecular weight is 573 g/mol. The third kappa shape index (κ3) is 6.06. The van der Waals surface area contributed by atoms with E-state index >= 15 is 0 Å². The number of amides is 1. The Bertz CT molecular complexity index is 1620. The van der Waals surface area contributed by atoms with E-state index in [1.165, 1.54) is 24.9 Å². The van der Waals surface area contributed by atoms with E-state index in [1.54, 1.807) is 41.3 Å². The molecule has 8 heteroatoms. The summed E-state index contributed by atoms with van der Waals surface area (Å²) in [5.41, 5.74) is 4.75. The molecule has 0 radical (unpaired) electrons. The number of aryl methyl sites for hydroxylation is 2. The summed E-state index contributed by atoms with van der Waals surface area (Å²) in [5, 5.41) is 0.828. The Hall–Kier alpha value is -4.07. The molecule has 4 aromatic rings. The van der Waals surface area contributed by atoms with Crippen LogP contribution in [-0.2, 0) is 11.4 Å². The molecule has 4 aromatic carbocycles. The topological polar surface area (TPSA) is 51.1 Å². The minimum atomic E-state index is -0.364. The second-order valence-corrected chi connectivity index (χ2v) is 10.6. The van der Waals surface area contributed by atoms with Gasteiger partial charge in [-0.25, -0.2) is 9.38 Å². The normalized spacial score (nSPS) is 15.2. The van der Waals surface area contributed by atoms with Crippen LogP contribution in [0.25, 0.3) is 6.08 Å². The zero-order valence-corrected chi connectivity index (χ0v) is 23.7. The number of halogens is 2. The summed E-state index contributed by atoms with van der Waals surface area (Å²) in [4.78, 5) is 20.6. The van der Waals surface area contributed by atoms with E-state index in [1.807, 2.05) is 62.4 Å². The molecule has 5 nitrogen and oxygen atoms in total. The minimum absolute atomic E-state index is 0.0120. The van der Waals surface area contributed by atoms with Gasteiger partial charge in [-0.2, -0.15) is 0 Å². The van der Waals surface area contributed by atoms with E-state index < -0.39 is 0 Å². The summed E-state index contributed by atoms with van der Waals surface area (Å²) in [6, 6.07) is 25.3. The van der Waals surface area contributed by atoms with Crippen molar-refractivity contribution in [1.29, 1.82) is 0 Å². The molecule has 40 heavy (non-hydrogen) atoms. The van der Waals surface area contributed by atoms with Crippen molar-refractivity contribution in [3.8, 4) is 11.5 Å². The third-order valence-corrected chi connectivity index (χ3v) is 7.49. The maximum Gasteiger partial charge on any atom is 0.271 e. The molecule has 5 rings (SSSR count). The second kappa shape index (κ2) is 12.0. The quantitative estimate of drug-likeness (QED) is 0.208. The first kappa shape index (κ1) is 27.5. The molecule has 0 aromatic heterocycles. The van der Waals surface area contributed by atoms with Crippen LogP contribution in [0.5, 0.6) is 11.5 Å². The molecule has 1 fully saturated rings. The summed E-state index contributed by atoms with van der Waals surface area (Å²) < 4.78 is 25.4. The number of benzene rings is 4. The van der Waals surface area contributed by atoms with E-state index in [-0.39, 0.29) is 23.4 Å². The van der Waals surface area contributed by atoms with Crippen molar-refractivity contribution in [2.75, 3.05) is 12.0 Å². The lowest BCUT2D eigenvalue weighted by atomic mass is 10.1. The van der Waals surface area contributed by atoms with E-state index in [0.717, 1.165) is 22.5 Å². The van der Waals surface area contributed by atoms with E-state index in [0.29, 0.717) is 32.7 Å². The predicted octanol–water partition coefficient (Wildman–Crippen LogP) is 8.49. The van der Waals surface area contributed by atoms with Crippen molar-refractivity contribution < 1.29 is 18.7 Å². The van der Waals surface area contributed by atoms with Crippen molar-refractivity contribution in [2.45, 2.75) is 20.5 Å². The molecule has 0 bridgehead atoms. The Balaban J connectivity index is 1.48. The van der Waals surface area contributed by atoms with Crippen LogP contribution in [0.3, 0.4) is 0 Å². The van der Waals surface area contributed by atoms with Crippen LogP contribution in [-0.4, -0.2) is 18.2 Å². The van der Waals surface area contributed by atoms with Gasteiger partial charge in [-0.3, -0.25) is 9.69 Å². The smallest absolute Gasteiger partial charge is 0.271 e. The molecule has 0 atom stereocenters. The van der Waals surface area contributed by atoms with E-state index in [9.17, 15) is 9.18 Å². The van der Waals surface area contributed by atoms with Crippen LogP contribution in [0.15, 0.2) is 94.8 Å². The van der Waals surface area contributed by atoms with Gasteiger partial charge < -0.3 is 9.47 Å². The highest BCUT2D eigenvalue weighted by Crippen LogP contribution is 2.41. The molecule has 1 aliphatic heterocycles. The lowest BCUT2D eigenvalue weighted by Crippen LogP contribution is -2.28. The Morgan fingerprint density at radius 1 is 0.975 bits per heavy atom. The molecule has 1 aliphatic rings. The zero-order valence-electron chi connectivity index (χ0n) is 22.2. The van der Waals surface area contributed by atoms with Gasteiger partial charge in [0, 0.05) is 5.56 Å². The lowest BCUT2D eigenvalue weighted by Gasteiger charge is -2.16. The van der Waals surface area contributed by atoms with Gasteiger partial charge in [-0.15, -0.1) is 0 Å². The van der Waals surface area contributed by atoms with Gasteiger partial charge in [0.15, 0.2) is 16.7 Å². The predicted molar refractivity (Wildman–Crippen MR) is 161 cm³/mol. The Morgan fingerprint density at radius 2 is 1.65 bits per heavy atom. The van der Waals surface area contributed by atoms with Crippen LogP contribution in [0.4, 0.5) is 15.8 Å². The first-order valence-electron chi connectivity index (χ1n) is 12.5. The van der Waals surface area contributed by atoms with Gasteiger partial charge in [0.25, 0.3) is 5.91 Å². The summed E-state index contributed by atoms with van der Waals surface area (Å²) in [7, 11) is 1.50. The van der Waals surface area contributed by atoms with Crippen molar-refractivity contribution >= 4 is 51.9 Å². The maximum atomic E-state index is 14.1. The lowest BCUT2D eigenvalue weighted by molar-refractivity contribution is -0.113. The van der Waals surface area contributed by atoms with Crippen LogP contribution in [0.1, 0.15) is 22.3 Å². The standard InChI is InChI=1S/C32H26ClFN2O3S/c1-20-8-12-24(13-9-20)35-32-36(25-14-10-21(2)11-15-25)31(37)29(40-32)18-22-16-26(33)30(28(17-22)38-3)39-19-23-6-4-5-7-27(23)34/h4-18H,19H2,1-3H3/b29-18-,35-32?. The minimum Gasteiger partial charge on any atom is -0.493 e. The van der Waals surface area contributed by atoms with Gasteiger partial charge in [0.1, 0.15) is 12.4 Å². The number of amidine groups is 1. The average Bonchev–Trinajstić information content (AvgIpc) is 3.24. The largest absolute Gasteiger partial charge is 0.493 e. The SMILES string of the molecule is COc1cc(/C=C2\SC(=Nc3ccc(C)cc3)N(c3ccc(C)cc3)C2=O)cc(Cl)c1OCc1ccccc1F. The number of thioether (sulfide) groups is 1. The number of methoxy groups -OCH3 is 1. The fourth-order valence-electron chi connectivity index (χ4n) is 4.08. The molecular weight excluding hydrogens is 547 g/mol. The van der Waals surface area contributed by atoms with E-state index in [4.69, 9.17) is 26.1 Å². The molecule has 1 saturated heterocycles. The maximum absolute atomic E-state index is 14.1. The molecule has 1 amide bonds. The second-order valence-electron chi connectivity index (χ2n) is 9.23. The summed E-state index contributed by atoms with van der Waals surface area (Å²) >= 11 is 7.86.